The van der Waals surface area contributed by atoms with Gasteiger partial charge in [-0.25, -0.2) is 5.43 Å². The average Bonchev–Trinajstić information content (AvgIpc) is 2.16. The molecule has 13 heavy (non-hydrogen) atoms. The molecule has 0 aromatic heterocycles. The van der Waals surface area contributed by atoms with Crippen LogP contribution >= 0.6 is 0 Å². The number of anilines is 1. The fourth-order valence-corrected chi connectivity index (χ4v) is 0.850. The molecule has 0 heterocycles. The number of hydrogen-bond donors (Lipinski definition) is 2. The number of nitrogen functional groups attached to an aromatic ring is 1. The summed E-state index contributed by atoms with van der Waals surface area (Å²) in [6.45, 7) is 0.539. The Morgan fingerprint density at radius 2 is 2.00 bits per heavy atom. The topological polar surface area (TPSA) is 50.5 Å². The van der Waals surface area contributed by atoms with Crippen LogP contribution in [0.3, 0.4) is 0 Å². The number of hydrogen-bond acceptors (Lipinski definition) is 4. The monoisotopic (exact) mass is 181 g/mol. The summed E-state index contributed by atoms with van der Waals surface area (Å²) >= 11 is 0. The molecule has 0 aliphatic carbocycles. The number of hydroxylamine groups is 1. The summed E-state index contributed by atoms with van der Waals surface area (Å²) in [7, 11) is 3.60. The average molecular weight is 181 g/mol. The van der Waals surface area contributed by atoms with Crippen molar-refractivity contribution in [2.45, 2.75) is 6.61 Å². The molecular weight excluding hydrogens is 166 g/mol. The van der Waals surface area contributed by atoms with E-state index in [4.69, 9.17) is 10.6 Å². The number of rotatable bonds is 4. The van der Waals surface area contributed by atoms with Gasteiger partial charge in [0.25, 0.3) is 0 Å². The van der Waals surface area contributed by atoms with Gasteiger partial charge in [0.1, 0.15) is 0 Å². The Morgan fingerprint density at radius 1 is 1.38 bits per heavy atom. The zero-order valence-electron chi connectivity index (χ0n) is 7.95. The lowest BCUT2D eigenvalue weighted by molar-refractivity contribution is -0.181. The van der Waals surface area contributed by atoms with Crippen molar-refractivity contribution in [2.24, 2.45) is 0 Å². The summed E-state index contributed by atoms with van der Waals surface area (Å²) < 4.78 is 0. The normalized spacial score (nSPS) is 10.7. The summed E-state index contributed by atoms with van der Waals surface area (Å²) in [5.41, 5.74) is 10.2. The van der Waals surface area contributed by atoms with E-state index in [1.807, 2.05) is 24.3 Å². The van der Waals surface area contributed by atoms with Crippen LogP contribution in [0.25, 0.3) is 0 Å². The second kappa shape index (κ2) is 4.81. The second-order valence-corrected chi connectivity index (χ2v) is 2.74. The largest absolute Gasteiger partial charge is 0.399 e. The number of nitrogens with one attached hydrogen (secondary N) is 1. The zero-order chi connectivity index (χ0) is 9.68. The molecule has 0 saturated heterocycles. The van der Waals surface area contributed by atoms with Crippen LogP contribution in [0.1, 0.15) is 5.56 Å². The molecule has 0 unspecified atom stereocenters. The van der Waals surface area contributed by atoms with Gasteiger partial charge >= 0.3 is 0 Å². The van der Waals surface area contributed by atoms with E-state index < -0.39 is 0 Å². The maximum atomic E-state index is 5.55. The van der Waals surface area contributed by atoms with Crippen molar-refractivity contribution in [1.82, 2.24) is 10.6 Å². The van der Waals surface area contributed by atoms with Gasteiger partial charge in [0.05, 0.1) is 6.61 Å². The first-order valence-electron chi connectivity index (χ1n) is 4.11. The van der Waals surface area contributed by atoms with Gasteiger partial charge in [0, 0.05) is 19.8 Å². The Balaban J connectivity index is 2.41. The first kappa shape index (κ1) is 9.98. The summed E-state index contributed by atoms with van der Waals surface area (Å²) in [5, 5.41) is 1.55. The molecule has 0 bridgehead atoms. The lowest BCUT2D eigenvalue weighted by Crippen LogP contribution is -2.30. The van der Waals surface area contributed by atoms with E-state index in [1.54, 1.807) is 19.3 Å². The molecule has 72 valence electrons. The van der Waals surface area contributed by atoms with Crippen LogP contribution in [0.4, 0.5) is 5.69 Å². The fraction of sp³-hybridized carbons (Fsp3) is 0.333. The van der Waals surface area contributed by atoms with Crippen LogP contribution in [-0.4, -0.2) is 19.3 Å². The minimum absolute atomic E-state index is 0.539. The Morgan fingerprint density at radius 3 is 2.54 bits per heavy atom. The molecule has 1 aromatic carbocycles. The van der Waals surface area contributed by atoms with Crippen LogP contribution < -0.4 is 11.2 Å². The van der Waals surface area contributed by atoms with E-state index in [2.05, 4.69) is 5.43 Å². The summed E-state index contributed by atoms with van der Waals surface area (Å²) in [6.07, 6.45) is 0. The first-order chi connectivity index (χ1) is 6.22. The van der Waals surface area contributed by atoms with E-state index >= 15 is 0 Å². The van der Waals surface area contributed by atoms with Crippen molar-refractivity contribution in [2.75, 3.05) is 19.8 Å². The summed E-state index contributed by atoms with van der Waals surface area (Å²) in [4.78, 5) is 5.30. The Kier molecular flexibility index (Phi) is 3.70. The highest BCUT2D eigenvalue weighted by Crippen LogP contribution is 2.06. The molecule has 1 aromatic rings. The quantitative estimate of drug-likeness (QED) is 0.532. The first-order valence-corrected chi connectivity index (χ1v) is 4.11. The van der Waals surface area contributed by atoms with Gasteiger partial charge in [0.2, 0.25) is 0 Å². The molecule has 4 heteroatoms. The highest BCUT2D eigenvalue weighted by Gasteiger charge is 1.95. The Hall–Kier alpha value is -1.10. The number of hydrazine groups is 1. The third kappa shape index (κ3) is 3.42. The molecule has 0 saturated carbocycles. The SMILES string of the molecule is CNN(C)OCc1ccc(N)cc1. The van der Waals surface area contributed by atoms with E-state index in [0.29, 0.717) is 6.61 Å². The smallest absolute Gasteiger partial charge is 0.0952 e. The van der Waals surface area contributed by atoms with Crippen molar-refractivity contribution in [3.63, 3.8) is 0 Å². The molecule has 0 radical (unpaired) electrons. The number of nitrogens with zero attached hydrogens (tertiary/aromatic N) is 1. The maximum absolute atomic E-state index is 5.55. The molecule has 1 rings (SSSR count). The maximum Gasteiger partial charge on any atom is 0.0952 e. The fourth-order valence-electron chi connectivity index (χ4n) is 0.850. The van der Waals surface area contributed by atoms with Gasteiger partial charge in [-0.3, -0.25) is 4.84 Å². The van der Waals surface area contributed by atoms with Gasteiger partial charge in [-0.1, -0.05) is 12.1 Å². The second-order valence-electron chi connectivity index (χ2n) is 2.74. The zero-order valence-corrected chi connectivity index (χ0v) is 7.95. The molecule has 0 aliphatic rings. The minimum Gasteiger partial charge on any atom is -0.399 e. The van der Waals surface area contributed by atoms with Gasteiger partial charge in [0.15, 0.2) is 0 Å². The lowest BCUT2D eigenvalue weighted by Gasteiger charge is -2.14. The van der Waals surface area contributed by atoms with Gasteiger partial charge < -0.3 is 5.73 Å². The predicted octanol–water partition coefficient (Wildman–Crippen LogP) is 0.767. The van der Waals surface area contributed by atoms with E-state index in [-0.39, 0.29) is 0 Å². The van der Waals surface area contributed by atoms with Crippen LogP contribution in [0.15, 0.2) is 24.3 Å². The van der Waals surface area contributed by atoms with E-state index in [1.165, 1.54) is 0 Å². The van der Waals surface area contributed by atoms with Crippen molar-refractivity contribution in [1.29, 1.82) is 0 Å². The minimum atomic E-state index is 0.539. The lowest BCUT2D eigenvalue weighted by atomic mass is 10.2. The van der Waals surface area contributed by atoms with Crippen molar-refractivity contribution in [3.05, 3.63) is 29.8 Å². The molecule has 4 nitrogen and oxygen atoms in total. The highest BCUT2D eigenvalue weighted by molar-refractivity contribution is 5.38. The third-order valence-corrected chi connectivity index (χ3v) is 1.72. The van der Waals surface area contributed by atoms with Gasteiger partial charge in [-0.05, 0) is 17.7 Å². The Labute approximate surface area is 78.2 Å². The van der Waals surface area contributed by atoms with Crippen LogP contribution in [0, 0.1) is 0 Å². The van der Waals surface area contributed by atoms with E-state index in [0.717, 1.165) is 11.3 Å². The standard InChI is InChI=1S/C9H15N3O/c1-11-12(2)13-7-8-3-5-9(10)6-4-8/h3-6,11H,7,10H2,1-2H3. The molecule has 0 fully saturated rings. The van der Waals surface area contributed by atoms with Crippen molar-refractivity contribution < 1.29 is 4.84 Å². The van der Waals surface area contributed by atoms with Crippen molar-refractivity contribution in [3.8, 4) is 0 Å². The van der Waals surface area contributed by atoms with Crippen LogP contribution in [-0.2, 0) is 11.4 Å². The van der Waals surface area contributed by atoms with Crippen LogP contribution in [0.5, 0.6) is 0 Å². The molecular formula is C9H15N3O. The molecule has 0 spiro atoms. The van der Waals surface area contributed by atoms with Gasteiger partial charge in [-0.2, -0.15) is 0 Å². The van der Waals surface area contributed by atoms with Crippen LogP contribution in [0.2, 0.25) is 0 Å². The van der Waals surface area contributed by atoms with Crippen molar-refractivity contribution >= 4 is 5.69 Å². The predicted molar refractivity (Wildman–Crippen MR) is 52.5 cm³/mol. The summed E-state index contributed by atoms with van der Waals surface area (Å²) in [5.74, 6) is 0. The Bertz CT molecular complexity index is 248. The molecule has 3 N–H and O–H groups in total. The number of nitrogens with two attached hydrogens (primary N) is 1. The number of benzene rings is 1. The van der Waals surface area contributed by atoms with E-state index in [9.17, 15) is 0 Å². The third-order valence-electron chi connectivity index (χ3n) is 1.72. The summed E-state index contributed by atoms with van der Waals surface area (Å²) in [6, 6.07) is 7.60. The molecule has 0 atom stereocenters. The van der Waals surface area contributed by atoms with Gasteiger partial charge in [-0.15, -0.1) is 5.17 Å². The molecule has 0 amide bonds. The molecule has 0 aliphatic heterocycles. The highest BCUT2D eigenvalue weighted by atomic mass is 16.7.